The van der Waals surface area contributed by atoms with Gasteiger partial charge in [-0.1, -0.05) is 29.3 Å². The number of carbonyl (C=O) groups excluding carboxylic acids is 1. The fourth-order valence-corrected chi connectivity index (χ4v) is 2.94. The molecule has 0 saturated heterocycles. The number of rotatable bonds is 8. The summed E-state index contributed by atoms with van der Waals surface area (Å²) in [6.07, 6.45) is 1.54. The van der Waals surface area contributed by atoms with E-state index in [1.807, 2.05) is 30.3 Å². The third-order valence-corrected chi connectivity index (χ3v) is 5.00. The highest BCUT2D eigenvalue weighted by Crippen LogP contribution is 2.24. The molecule has 3 rings (SSSR count). The van der Waals surface area contributed by atoms with Gasteiger partial charge in [0.25, 0.3) is 5.91 Å². The lowest BCUT2D eigenvalue weighted by Crippen LogP contribution is -2.17. The third-order valence-electron chi connectivity index (χ3n) is 4.26. The van der Waals surface area contributed by atoms with Gasteiger partial charge in [-0.3, -0.25) is 4.79 Å². The number of hydrazone groups is 1. The average molecular weight is 459 g/mol. The van der Waals surface area contributed by atoms with Crippen molar-refractivity contribution < 1.29 is 19.0 Å². The van der Waals surface area contributed by atoms with Crippen LogP contribution in [0, 0.1) is 0 Å². The number of methoxy groups -OCH3 is 2. The van der Waals surface area contributed by atoms with Gasteiger partial charge < -0.3 is 14.2 Å². The molecule has 0 aliphatic heterocycles. The highest BCUT2D eigenvalue weighted by molar-refractivity contribution is 6.42. The van der Waals surface area contributed by atoms with Gasteiger partial charge in [0.05, 0.1) is 30.5 Å². The minimum absolute atomic E-state index is 0.365. The minimum atomic E-state index is -0.380. The van der Waals surface area contributed by atoms with E-state index in [0.717, 1.165) is 11.1 Å². The number of benzene rings is 3. The number of carbonyl (C=O) groups is 1. The van der Waals surface area contributed by atoms with Crippen LogP contribution in [-0.2, 0) is 6.61 Å². The minimum Gasteiger partial charge on any atom is -0.497 e. The van der Waals surface area contributed by atoms with Gasteiger partial charge >= 0.3 is 0 Å². The normalized spacial score (nSPS) is 10.7. The van der Waals surface area contributed by atoms with Crippen molar-refractivity contribution in [3.8, 4) is 17.2 Å². The van der Waals surface area contributed by atoms with E-state index in [0.29, 0.717) is 39.5 Å². The van der Waals surface area contributed by atoms with E-state index >= 15 is 0 Å². The van der Waals surface area contributed by atoms with E-state index in [1.54, 1.807) is 30.3 Å². The van der Waals surface area contributed by atoms with Crippen molar-refractivity contribution in [2.75, 3.05) is 14.2 Å². The van der Waals surface area contributed by atoms with E-state index in [4.69, 9.17) is 37.4 Å². The number of hydrogen-bond donors (Lipinski definition) is 1. The Bertz CT molecular complexity index is 1060. The van der Waals surface area contributed by atoms with Gasteiger partial charge in [0, 0.05) is 11.6 Å². The molecule has 3 aromatic rings. The molecule has 6 nitrogen and oxygen atoms in total. The predicted molar refractivity (Wildman–Crippen MR) is 122 cm³/mol. The summed E-state index contributed by atoms with van der Waals surface area (Å²) in [5.41, 5.74) is 4.57. The molecule has 0 heterocycles. The van der Waals surface area contributed by atoms with Gasteiger partial charge in [-0.15, -0.1) is 0 Å². The molecule has 0 radical (unpaired) electrons. The molecular formula is C23H20Cl2N2O4. The lowest BCUT2D eigenvalue weighted by molar-refractivity contribution is 0.0954. The zero-order valence-electron chi connectivity index (χ0n) is 16.9. The van der Waals surface area contributed by atoms with Gasteiger partial charge in [-0.25, -0.2) is 5.43 Å². The van der Waals surface area contributed by atoms with Crippen LogP contribution < -0.4 is 19.6 Å². The first kappa shape index (κ1) is 22.5. The highest BCUT2D eigenvalue weighted by atomic mass is 35.5. The summed E-state index contributed by atoms with van der Waals surface area (Å²) in [4.78, 5) is 12.3. The Hall–Kier alpha value is -3.22. The number of halogens is 2. The van der Waals surface area contributed by atoms with E-state index in [1.165, 1.54) is 20.4 Å². The molecule has 3 aromatic carbocycles. The number of nitrogens with one attached hydrogen (secondary N) is 1. The largest absolute Gasteiger partial charge is 0.497 e. The zero-order chi connectivity index (χ0) is 22.2. The molecule has 0 aliphatic carbocycles. The summed E-state index contributed by atoms with van der Waals surface area (Å²) in [5, 5.41) is 4.99. The van der Waals surface area contributed by atoms with Crippen LogP contribution in [0.5, 0.6) is 17.2 Å². The third kappa shape index (κ3) is 6.38. The van der Waals surface area contributed by atoms with Crippen LogP contribution in [0.3, 0.4) is 0 Å². The summed E-state index contributed by atoms with van der Waals surface area (Å²) in [5.74, 6) is 1.35. The van der Waals surface area contributed by atoms with Crippen LogP contribution in [0.25, 0.3) is 0 Å². The van der Waals surface area contributed by atoms with Crippen LogP contribution in [-0.4, -0.2) is 26.3 Å². The standard InChI is InChI=1S/C23H20Cl2N2O4/c1-29-19-10-17(11-20(12-19)30-2)23(28)27-26-13-15-3-6-18(7-4-15)31-14-16-5-8-21(24)22(25)9-16/h3-13H,14H2,1-2H3,(H,27,28). The van der Waals surface area contributed by atoms with Crippen molar-refractivity contribution in [2.24, 2.45) is 5.10 Å². The second-order valence-corrected chi connectivity index (χ2v) is 7.22. The van der Waals surface area contributed by atoms with Gasteiger partial charge in [0.2, 0.25) is 0 Å². The predicted octanol–water partition coefficient (Wildman–Crippen LogP) is 5.35. The molecule has 8 heteroatoms. The molecule has 0 aromatic heterocycles. The molecule has 1 amide bonds. The van der Waals surface area contributed by atoms with Crippen molar-refractivity contribution in [3.05, 3.63) is 87.4 Å². The lowest BCUT2D eigenvalue weighted by atomic mass is 10.2. The molecule has 0 aliphatic rings. The molecule has 0 atom stereocenters. The maximum atomic E-state index is 12.3. The van der Waals surface area contributed by atoms with E-state index in [9.17, 15) is 4.79 Å². The second-order valence-electron chi connectivity index (χ2n) is 6.41. The molecule has 0 unspecified atom stereocenters. The number of ether oxygens (including phenoxy) is 3. The molecule has 0 fully saturated rings. The summed E-state index contributed by atoms with van der Waals surface area (Å²) >= 11 is 11.9. The van der Waals surface area contributed by atoms with Crippen molar-refractivity contribution in [3.63, 3.8) is 0 Å². The number of hydrogen-bond acceptors (Lipinski definition) is 5. The molecule has 0 spiro atoms. The lowest BCUT2D eigenvalue weighted by Gasteiger charge is -2.08. The summed E-state index contributed by atoms with van der Waals surface area (Å²) in [7, 11) is 3.04. The monoisotopic (exact) mass is 458 g/mol. The number of nitrogens with zero attached hydrogens (tertiary/aromatic N) is 1. The van der Waals surface area contributed by atoms with Gasteiger partial charge in [0.1, 0.15) is 23.9 Å². The van der Waals surface area contributed by atoms with Crippen molar-refractivity contribution in [2.45, 2.75) is 6.61 Å². The van der Waals surface area contributed by atoms with Crippen LogP contribution in [0.1, 0.15) is 21.5 Å². The molecule has 0 bridgehead atoms. The highest BCUT2D eigenvalue weighted by Gasteiger charge is 2.09. The van der Waals surface area contributed by atoms with Crippen molar-refractivity contribution in [1.82, 2.24) is 5.43 Å². The van der Waals surface area contributed by atoms with E-state index < -0.39 is 0 Å². The van der Waals surface area contributed by atoms with Gasteiger partial charge in [-0.05, 0) is 59.7 Å². The van der Waals surface area contributed by atoms with Crippen molar-refractivity contribution in [1.29, 1.82) is 0 Å². The Morgan fingerprint density at radius 2 is 1.58 bits per heavy atom. The first-order chi connectivity index (χ1) is 15.0. The van der Waals surface area contributed by atoms with Gasteiger partial charge in [-0.2, -0.15) is 5.10 Å². The van der Waals surface area contributed by atoms with Crippen LogP contribution in [0.2, 0.25) is 10.0 Å². The Kier molecular flexibility index (Phi) is 7.76. The van der Waals surface area contributed by atoms with Gasteiger partial charge in [0.15, 0.2) is 0 Å². The van der Waals surface area contributed by atoms with E-state index in [2.05, 4.69) is 10.5 Å². The Morgan fingerprint density at radius 1 is 0.903 bits per heavy atom. The Balaban J connectivity index is 1.55. The maximum absolute atomic E-state index is 12.3. The molecule has 0 saturated carbocycles. The fourth-order valence-electron chi connectivity index (χ4n) is 2.61. The van der Waals surface area contributed by atoms with Crippen LogP contribution in [0.4, 0.5) is 0 Å². The summed E-state index contributed by atoms with van der Waals surface area (Å²) < 4.78 is 16.1. The SMILES string of the molecule is COc1cc(OC)cc(C(=O)NN=Cc2ccc(OCc3ccc(Cl)c(Cl)c3)cc2)c1. The average Bonchev–Trinajstić information content (AvgIpc) is 2.80. The Morgan fingerprint density at radius 3 is 2.19 bits per heavy atom. The van der Waals surface area contributed by atoms with E-state index in [-0.39, 0.29) is 5.91 Å². The zero-order valence-corrected chi connectivity index (χ0v) is 18.4. The first-order valence-electron chi connectivity index (χ1n) is 9.22. The van der Waals surface area contributed by atoms with Crippen LogP contribution >= 0.6 is 23.2 Å². The summed E-state index contributed by atoms with van der Waals surface area (Å²) in [6.45, 7) is 0.365. The smallest absolute Gasteiger partial charge is 0.271 e. The first-order valence-corrected chi connectivity index (χ1v) is 9.97. The maximum Gasteiger partial charge on any atom is 0.271 e. The molecule has 31 heavy (non-hydrogen) atoms. The van der Waals surface area contributed by atoms with Crippen LogP contribution in [0.15, 0.2) is 65.8 Å². The topological polar surface area (TPSA) is 69.2 Å². The molecule has 160 valence electrons. The molecule has 1 N–H and O–H groups in total. The molecular weight excluding hydrogens is 439 g/mol. The Labute approximate surface area is 190 Å². The second kappa shape index (κ2) is 10.7. The number of amides is 1. The fraction of sp³-hybridized carbons (Fsp3) is 0.130. The quantitative estimate of drug-likeness (QED) is 0.364. The summed E-state index contributed by atoms with van der Waals surface area (Å²) in [6, 6.07) is 17.5. The van der Waals surface area contributed by atoms with Crippen molar-refractivity contribution >= 4 is 35.3 Å².